The SMILES string of the molecule is O=C(O)c1cccc2nc(CCCc3cccs3)oc12. The normalized spacial score (nSPS) is 11.0. The van der Waals surface area contributed by atoms with Gasteiger partial charge in [0, 0.05) is 11.3 Å². The van der Waals surface area contributed by atoms with Crippen LogP contribution in [0.3, 0.4) is 0 Å². The van der Waals surface area contributed by atoms with Crippen LogP contribution in [0.25, 0.3) is 11.1 Å². The first-order chi connectivity index (χ1) is 9.74. The summed E-state index contributed by atoms with van der Waals surface area (Å²) in [7, 11) is 0. The van der Waals surface area contributed by atoms with Gasteiger partial charge >= 0.3 is 5.97 Å². The van der Waals surface area contributed by atoms with Crippen molar-refractivity contribution in [2.24, 2.45) is 0 Å². The smallest absolute Gasteiger partial charge is 0.339 e. The lowest BCUT2D eigenvalue weighted by atomic mass is 10.2. The molecule has 3 rings (SSSR count). The maximum Gasteiger partial charge on any atom is 0.339 e. The van der Waals surface area contributed by atoms with E-state index in [0.717, 1.165) is 12.8 Å². The van der Waals surface area contributed by atoms with Crippen LogP contribution in [0.15, 0.2) is 40.1 Å². The molecule has 5 heteroatoms. The van der Waals surface area contributed by atoms with Gasteiger partial charge in [0.1, 0.15) is 11.1 Å². The standard InChI is InChI=1S/C15H13NO3S/c17-15(18)11-6-2-7-12-14(11)19-13(16-12)8-1-4-10-5-3-9-20-10/h2-3,5-7,9H,1,4,8H2,(H,17,18). The lowest BCUT2D eigenvalue weighted by molar-refractivity contribution is 0.0698. The van der Waals surface area contributed by atoms with Crippen molar-refractivity contribution in [3.05, 3.63) is 52.0 Å². The molecule has 4 nitrogen and oxygen atoms in total. The van der Waals surface area contributed by atoms with Gasteiger partial charge < -0.3 is 9.52 Å². The van der Waals surface area contributed by atoms with Crippen molar-refractivity contribution < 1.29 is 14.3 Å². The van der Waals surface area contributed by atoms with Gasteiger partial charge in [-0.05, 0) is 36.4 Å². The van der Waals surface area contributed by atoms with Crippen LogP contribution in [0.4, 0.5) is 0 Å². The zero-order valence-corrected chi connectivity index (χ0v) is 11.5. The van der Waals surface area contributed by atoms with E-state index in [2.05, 4.69) is 16.4 Å². The molecule has 0 aliphatic heterocycles. The molecule has 3 aromatic rings. The summed E-state index contributed by atoms with van der Waals surface area (Å²) in [5, 5.41) is 11.2. The minimum atomic E-state index is -0.989. The number of aromatic carboxylic acids is 1. The molecule has 0 atom stereocenters. The third-order valence-electron chi connectivity index (χ3n) is 3.08. The molecule has 0 amide bonds. The molecule has 0 aliphatic carbocycles. The fourth-order valence-electron chi connectivity index (χ4n) is 2.14. The average molecular weight is 287 g/mol. The van der Waals surface area contributed by atoms with Crippen molar-refractivity contribution in [1.29, 1.82) is 0 Å². The summed E-state index contributed by atoms with van der Waals surface area (Å²) in [4.78, 5) is 16.8. The Balaban J connectivity index is 1.76. The molecule has 0 aliphatic rings. The van der Waals surface area contributed by atoms with E-state index in [1.807, 2.05) is 6.07 Å². The van der Waals surface area contributed by atoms with Gasteiger partial charge in [-0.15, -0.1) is 11.3 Å². The number of para-hydroxylation sites is 1. The Morgan fingerprint density at radius 2 is 2.15 bits per heavy atom. The highest BCUT2D eigenvalue weighted by molar-refractivity contribution is 7.09. The second-order valence-corrected chi connectivity index (χ2v) is 5.53. The van der Waals surface area contributed by atoms with Crippen molar-refractivity contribution in [3.8, 4) is 0 Å². The summed E-state index contributed by atoms with van der Waals surface area (Å²) < 4.78 is 5.59. The average Bonchev–Trinajstić information content (AvgIpc) is 3.06. The Morgan fingerprint density at radius 1 is 1.25 bits per heavy atom. The molecule has 102 valence electrons. The number of fused-ring (bicyclic) bond motifs is 1. The van der Waals surface area contributed by atoms with Gasteiger partial charge in [-0.3, -0.25) is 0 Å². The monoisotopic (exact) mass is 287 g/mol. The number of aromatic nitrogens is 1. The van der Waals surface area contributed by atoms with Crippen molar-refractivity contribution in [2.45, 2.75) is 19.3 Å². The lowest BCUT2D eigenvalue weighted by Crippen LogP contribution is -1.95. The van der Waals surface area contributed by atoms with E-state index < -0.39 is 5.97 Å². The summed E-state index contributed by atoms with van der Waals surface area (Å²) in [6.45, 7) is 0. The number of nitrogens with zero attached hydrogens (tertiary/aromatic N) is 1. The molecule has 20 heavy (non-hydrogen) atoms. The first-order valence-corrected chi connectivity index (χ1v) is 7.26. The van der Waals surface area contributed by atoms with E-state index in [4.69, 9.17) is 9.52 Å². The van der Waals surface area contributed by atoms with Crippen LogP contribution >= 0.6 is 11.3 Å². The first-order valence-electron chi connectivity index (χ1n) is 6.38. The quantitative estimate of drug-likeness (QED) is 0.776. The van der Waals surface area contributed by atoms with Crippen LogP contribution in [0.2, 0.25) is 0 Å². The summed E-state index contributed by atoms with van der Waals surface area (Å²) >= 11 is 1.74. The number of hydrogen-bond acceptors (Lipinski definition) is 4. The van der Waals surface area contributed by atoms with Gasteiger partial charge in [0.05, 0.1) is 0 Å². The Kier molecular flexibility index (Phi) is 3.52. The third kappa shape index (κ3) is 2.58. The second kappa shape index (κ2) is 5.46. The molecular formula is C15H13NO3S. The summed E-state index contributed by atoms with van der Waals surface area (Å²) in [5.74, 6) is -0.387. The largest absolute Gasteiger partial charge is 0.478 e. The fourth-order valence-corrected chi connectivity index (χ4v) is 2.89. The third-order valence-corrected chi connectivity index (χ3v) is 4.02. The van der Waals surface area contributed by atoms with Gasteiger partial charge in [-0.2, -0.15) is 0 Å². The molecule has 2 heterocycles. The highest BCUT2D eigenvalue weighted by atomic mass is 32.1. The molecule has 0 unspecified atom stereocenters. The molecule has 0 radical (unpaired) electrons. The van der Waals surface area contributed by atoms with E-state index in [1.54, 1.807) is 23.5 Å². The van der Waals surface area contributed by atoms with E-state index in [1.165, 1.54) is 10.9 Å². The van der Waals surface area contributed by atoms with Crippen LogP contribution in [0, 0.1) is 0 Å². The van der Waals surface area contributed by atoms with Crippen molar-refractivity contribution in [1.82, 2.24) is 4.98 Å². The molecular weight excluding hydrogens is 274 g/mol. The maximum atomic E-state index is 11.1. The number of carboxylic acids is 1. The number of aryl methyl sites for hydroxylation is 2. The van der Waals surface area contributed by atoms with Gasteiger partial charge in [0.2, 0.25) is 0 Å². The summed E-state index contributed by atoms with van der Waals surface area (Å²) in [6.07, 6.45) is 2.64. The van der Waals surface area contributed by atoms with E-state index >= 15 is 0 Å². The Hall–Kier alpha value is -2.14. The minimum absolute atomic E-state index is 0.166. The molecule has 0 fully saturated rings. The lowest BCUT2D eigenvalue weighted by Gasteiger charge is -1.95. The van der Waals surface area contributed by atoms with Gasteiger partial charge in [-0.1, -0.05) is 12.1 Å². The number of carboxylic acid groups (broad SMARTS) is 1. The number of oxazole rings is 1. The minimum Gasteiger partial charge on any atom is -0.478 e. The molecule has 1 N–H and O–H groups in total. The second-order valence-electron chi connectivity index (χ2n) is 4.50. The molecule has 2 aromatic heterocycles. The van der Waals surface area contributed by atoms with Gasteiger partial charge in [0.15, 0.2) is 11.5 Å². The predicted octanol–water partition coefficient (Wildman–Crippen LogP) is 3.76. The Morgan fingerprint density at radius 3 is 2.90 bits per heavy atom. The predicted molar refractivity (Wildman–Crippen MR) is 77.3 cm³/mol. The fraction of sp³-hybridized carbons (Fsp3) is 0.200. The summed E-state index contributed by atoms with van der Waals surface area (Å²) in [6, 6.07) is 9.14. The van der Waals surface area contributed by atoms with Crippen LogP contribution in [-0.2, 0) is 12.8 Å². The molecule has 0 spiro atoms. The zero-order valence-electron chi connectivity index (χ0n) is 10.7. The van der Waals surface area contributed by atoms with E-state index in [9.17, 15) is 4.79 Å². The highest BCUT2D eigenvalue weighted by Crippen LogP contribution is 2.21. The van der Waals surface area contributed by atoms with Crippen molar-refractivity contribution in [2.75, 3.05) is 0 Å². The molecule has 0 saturated carbocycles. The van der Waals surface area contributed by atoms with E-state index in [-0.39, 0.29) is 5.56 Å². The Labute approximate surface area is 119 Å². The van der Waals surface area contributed by atoms with Gasteiger partial charge in [-0.25, -0.2) is 9.78 Å². The van der Waals surface area contributed by atoms with E-state index in [0.29, 0.717) is 23.4 Å². The maximum absolute atomic E-state index is 11.1. The number of hydrogen-bond donors (Lipinski definition) is 1. The van der Waals surface area contributed by atoms with Gasteiger partial charge in [0.25, 0.3) is 0 Å². The summed E-state index contributed by atoms with van der Waals surface area (Å²) in [5.41, 5.74) is 1.14. The zero-order chi connectivity index (χ0) is 13.9. The molecule has 0 saturated heterocycles. The van der Waals surface area contributed by atoms with Crippen LogP contribution in [-0.4, -0.2) is 16.1 Å². The van der Waals surface area contributed by atoms with Crippen LogP contribution < -0.4 is 0 Å². The first kappa shape index (κ1) is 12.9. The van der Waals surface area contributed by atoms with Crippen molar-refractivity contribution >= 4 is 28.4 Å². The van der Waals surface area contributed by atoms with Crippen molar-refractivity contribution in [3.63, 3.8) is 0 Å². The number of benzene rings is 1. The topological polar surface area (TPSA) is 63.3 Å². The number of thiophene rings is 1. The molecule has 0 bridgehead atoms. The Bertz CT molecular complexity index is 731. The highest BCUT2D eigenvalue weighted by Gasteiger charge is 2.14. The molecule has 1 aromatic carbocycles. The number of carbonyl (C=O) groups is 1. The number of rotatable bonds is 5. The van der Waals surface area contributed by atoms with Crippen LogP contribution in [0.5, 0.6) is 0 Å². The van der Waals surface area contributed by atoms with Crippen LogP contribution in [0.1, 0.15) is 27.5 Å².